The third kappa shape index (κ3) is 2.85. The van der Waals surface area contributed by atoms with Crippen LogP contribution in [-0.4, -0.2) is 31.8 Å². The van der Waals surface area contributed by atoms with E-state index >= 15 is 0 Å². The lowest BCUT2D eigenvalue weighted by Crippen LogP contribution is -2.34. The molecule has 1 atom stereocenters. The smallest absolute Gasteiger partial charge is 0.289 e. The van der Waals surface area contributed by atoms with E-state index in [1.54, 1.807) is 4.90 Å². The maximum Gasteiger partial charge on any atom is 0.289 e. The van der Waals surface area contributed by atoms with Crippen LogP contribution in [0.15, 0.2) is 20.0 Å². The Morgan fingerprint density at radius 2 is 2.32 bits per heavy atom. The Bertz CT molecular complexity index is 596. The molecule has 1 aromatic rings. The van der Waals surface area contributed by atoms with Gasteiger partial charge in [-0.25, -0.2) is 13.6 Å². The van der Waals surface area contributed by atoms with Gasteiger partial charge in [0.1, 0.15) is 4.90 Å². The number of nitrogens with zero attached hydrogens (tertiary/aromatic N) is 1. The van der Waals surface area contributed by atoms with Crippen LogP contribution >= 0.6 is 15.9 Å². The Morgan fingerprint density at radius 1 is 1.63 bits per heavy atom. The average Bonchev–Trinajstić information content (AvgIpc) is 2.92. The Morgan fingerprint density at radius 3 is 2.84 bits per heavy atom. The van der Waals surface area contributed by atoms with Gasteiger partial charge in [-0.05, 0) is 35.2 Å². The molecule has 8 heteroatoms. The van der Waals surface area contributed by atoms with Gasteiger partial charge in [-0.3, -0.25) is 4.79 Å². The molecule has 0 bridgehead atoms. The van der Waals surface area contributed by atoms with E-state index in [9.17, 15) is 13.2 Å². The number of rotatable bonds is 3. The number of furan rings is 1. The lowest BCUT2D eigenvalue weighted by atomic mass is 10.1. The lowest BCUT2D eigenvalue weighted by Gasteiger charge is -2.22. The molecule has 19 heavy (non-hydrogen) atoms. The highest BCUT2D eigenvalue weighted by molar-refractivity contribution is 9.10. The van der Waals surface area contributed by atoms with Gasteiger partial charge in [0.05, 0.1) is 0 Å². The first-order valence-corrected chi connectivity index (χ1v) is 8.31. The van der Waals surface area contributed by atoms with Gasteiger partial charge < -0.3 is 9.32 Å². The van der Waals surface area contributed by atoms with Crippen molar-refractivity contribution in [2.24, 2.45) is 5.14 Å². The monoisotopic (exact) mass is 350 g/mol. The van der Waals surface area contributed by atoms with Crippen molar-refractivity contribution in [2.45, 2.75) is 37.1 Å². The van der Waals surface area contributed by atoms with Crippen molar-refractivity contribution in [1.29, 1.82) is 0 Å². The Labute approximate surface area is 120 Å². The van der Waals surface area contributed by atoms with Gasteiger partial charge in [-0.2, -0.15) is 0 Å². The molecule has 6 nitrogen and oxygen atoms in total. The topological polar surface area (TPSA) is 93.6 Å². The number of amides is 1. The van der Waals surface area contributed by atoms with Crippen LogP contribution in [-0.2, 0) is 10.0 Å². The molecular weight excluding hydrogens is 336 g/mol. The molecule has 0 aromatic carbocycles. The van der Waals surface area contributed by atoms with Crippen LogP contribution in [0.25, 0.3) is 0 Å². The lowest BCUT2D eigenvalue weighted by molar-refractivity contribution is 0.0700. The summed E-state index contributed by atoms with van der Waals surface area (Å²) in [5.41, 5.74) is 0. The maximum absolute atomic E-state index is 12.3. The molecule has 1 aromatic heterocycles. The fourth-order valence-electron chi connectivity index (χ4n) is 2.32. The number of carbonyl (C=O) groups is 1. The summed E-state index contributed by atoms with van der Waals surface area (Å²) in [5, 5.41) is 5.04. The van der Waals surface area contributed by atoms with Gasteiger partial charge in [-0.1, -0.05) is 6.92 Å². The number of nitrogens with two attached hydrogens (primary N) is 1. The zero-order valence-electron chi connectivity index (χ0n) is 10.4. The molecule has 1 aliphatic heterocycles. The molecule has 2 rings (SSSR count). The van der Waals surface area contributed by atoms with Gasteiger partial charge in [0, 0.05) is 18.7 Å². The predicted molar refractivity (Wildman–Crippen MR) is 72.1 cm³/mol. The third-order valence-electron chi connectivity index (χ3n) is 3.28. The van der Waals surface area contributed by atoms with Gasteiger partial charge in [0.15, 0.2) is 10.4 Å². The normalized spacial score (nSPS) is 19.9. The van der Waals surface area contributed by atoms with Crippen molar-refractivity contribution in [3.8, 4) is 0 Å². The second kappa shape index (κ2) is 5.26. The highest BCUT2D eigenvalue weighted by atomic mass is 79.9. The molecule has 1 fully saturated rings. The summed E-state index contributed by atoms with van der Waals surface area (Å²) < 4.78 is 27.7. The maximum atomic E-state index is 12.3. The minimum atomic E-state index is -3.90. The molecule has 1 aliphatic rings. The summed E-state index contributed by atoms with van der Waals surface area (Å²) in [4.78, 5) is 13.8. The van der Waals surface area contributed by atoms with E-state index in [4.69, 9.17) is 9.56 Å². The van der Waals surface area contributed by atoms with Gasteiger partial charge >= 0.3 is 0 Å². The first-order chi connectivity index (χ1) is 8.84. The minimum Gasteiger partial charge on any atom is -0.443 e. The summed E-state index contributed by atoms with van der Waals surface area (Å²) in [6.07, 6.45) is 2.79. The average molecular weight is 351 g/mol. The number of halogens is 1. The number of carbonyl (C=O) groups excluding carboxylic acids is 1. The van der Waals surface area contributed by atoms with Crippen molar-refractivity contribution in [2.75, 3.05) is 6.54 Å². The SMILES string of the molecule is CCC1CCCN1C(=O)c1cc(S(N)(=O)=O)c(Br)o1. The first kappa shape index (κ1) is 14.5. The van der Waals surface area contributed by atoms with Crippen LogP contribution < -0.4 is 5.14 Å². The van der Waals surface area contributed by atoms with Gasteiger partial charge in [-0.15, -0.1) is 0 Å². The van der Waals surface area contributed by atoms with E-state index in [0.29, 0.717) is 6.54 Å². The van der Waals surface area contributed by atoms with E-state index in [1.807, 2.05) is 6.92 Å². The van der Waals surface area contributed by atoms with Crippen LogP contribution in [0.2, 0.25) is 0 Å². The van der Waals surface area contributed by atoms with Crippen molar-refractivity contribution in [1.82, 2.24) is 4.90 Å². The largest absolute Gasteiger partial charge is 0.443 e. The highest BCUT2D eigenvalue weighted by Crippen LogP contribution is 2.28. The van der Waals surface area contributed by atoms with Crippen molar-refractivity contribution < 1.29 is 17.6 Å². The second-order valence-corrected chi connectivity index (χ2v) is 6.75. The molecule has 0 saturated carbocycles. The van der Waals surface area contributed by atoms with E-state index in [-0.39, 0.29) is 27.3 Å². The molecule has 0 radical (unpaired) electrons. The fraction of sp³-hybridized carbons (Fsp3) is 0.545. The van der Waals surface area contributed by atoms with E-state index < -0.39 is 10.0 Å². The second-order valence-electron chi connectivity index (χ2n) is 4.50. The summed E-state index contributed by atoms with van der Waals surface area (Å²) >= 11 is 2.97. The van der Waals surface area contributed by atoms with Crippen LogP contribution in [0.4, 0.5) is 0 Å². The molecule has 0 spiro atoms. The molecule has 2 heterocycles. The zero-order chi connectivity index (χ0) is 14.2. The summed E-state index contributed by atoms with van der Waals surface area (Å²) in [6.45, 7) is 2.68. The standard InChI is InChI=1S/C11H15BrN2O4S/c1-2-7-4-3-5-14(7)11(15)8-6-9(10(12)18-8)19(13,16)17/h6-7H,2-5H2,1H3,(H2,13,16,17). The number of hydrogen-bond acceptors (Lipinski definition) is 4. The van der Waals surface area contributed by atoms with Crippen LogP contribution in [0.5, 0.6) is 0 Å². The number of sulfonamides is 1. The molecule has 1 amide bonds. The van der Waals surface area contributed by atoms with Crippen LogP contribution in [0, 0.1) is 0 Å². The summed E-state index contributed by atoms with van der Waals surface area (Å²) in [5.74, 6) is -0.295. The molecule has 2 N–H and O–H groups in total. The predicted octanol–water partition coefficient (Wildman–Crippen LogP) is 1.70. The fourth-order valence-corrected chi connectivity index (χ4v) is 3.82. The highest BCUT2D eigenvalue weighted by Gasteiger charge is 2.31. The molecule has 1 unspecified atom stereocenters. The molecule has 0 aliphatic carbocycles. The minimum absolute atomic E-state index is 0.00347. The Balaban J connectivity index is 2.30. The molecule has 106 valence electrons. The third-order valence-corrected chi connectivity index (χ3v) is 5.05. The molecule has 1 saturated heterocycles. The van der Waals surface area contributed by atoms with Crippen molar-refractivity contribution in [3.05, 3.63) is 16.5 Å². The molecular formula is C11H15BrN2O4S. The Kier molecular flexibility index (Phi) is 4.03. The van der Waals surface area contributed by atoms with Gasteiger partial charge in [0.2, 0.25) is 10.0 Å². The number of primary sulfonamides is 1. The van der Waals surface area contributed by atoms with Gasteiger partial charge in [0.25, 0.3) is 5.91 Å². The zero-order valence-corrected chi connectivity index (χ0v) is 12.8. The Hall–Kier alpha value is -0.860. The van der Waals surface area contributed by atoms with Crippen molar-refractivity contribution >= 4 is 31.9 Å². The summed E-state index contributed by atoms with van der Waals surface area (Å²) in [6, 6.07) is 1.36. The van der Waals surface area contributed by atoms with E-state index in [1.165, 1.54) is 6.07 Å². The van der Waals surface area contributed by atoms with E-state index in [2.05, 4.69) is 15.9 Å². The first-order valence-electron chi connectivity index (χ1n) is 5.97. The number of likely N-dealkylation sites (tertiary alicyclic amines) is 1. The van der Waals surface area contributed by atoms with E-state index in [0.717, 1.165) is 19.3 Å². The van der Waals surface area contributed by atoms with Crippen LogP contribution in [0.3, 0.4) is 0 Å². The van der Waals surface area contributed by atoms with Crippen LogP contribution in [0.1, 0.15) is 36.7 Å². The van der Waals surface area contributed by atoms with Crippen molar-refractivity contribution in [3.63, 3.8) is 0 Å². The quantitative estimate of drug-likeness (QED) is 0.897. The number of hydrogen-bond donors (Lipinski definition) is 1. The summed E-state index contributed by atoms with van der Waals surface area (Å²) in [7, 11) is -3.90.